The highest BCUT2D eigenvalue weighted by atomic mass is 16.4. The fourth-order valence-electron chi connectivity index (χ4n) is 1.59. The van der Waals surface area contributed by atoms with E-state index in [1.54, 1.807) is 19.9 Å². The molecule has 1 aromatic rings. The van der Waals surface area contributed by atoms with E-state index in [9.17, 15) is 14.4 Å². The van der Waals surface area contributed by atoms with Crippen LogP contribution in [-0.4, -0.2) is 43.9 Å². The quantitative estimate of drug-likeness (QED) is 0.642. The number of carbonyl (C=O) groups is 3. The number of aryl methyl sites for hydroxylation is 2. The standard InChI is InChI=1S/C11H15N3O5/c1-6-3-7(2)14(13-6)5-9(15)12-8(11(18)19)4-10(16)17/h3,8H,4-5H2,1-2H3,(H,12,15)(H,16,17)(H,18,19)/t8-/m0/s1. The highest BCUT2D eigenvalue weighted by molar-refractivity contribution is 5.86. The van der Waals surface area contributed by atoms with Crippen LogP contribution in [0.2, 0.25) is 0 Å². The van der Waals surface area contributed by atoms with Gasteiger partial charge in [0.2, 0.25) is 5.91 Å². The Bertz CT molecular complexity index is 508. The van der Waals surface area contributed by atoms with Gasteiger partial charge in [0, 0.05) is 5.69 Å². The first-order chi connectivity index (χ1) is 8.79. The smallest absolute Gasteiger partial charge is 0.326 e. The summed E-state index contributed by atoms with van der Waals surface area (Å²) in [6.07, 6.45) is -0.668. The molecule has 0 fully saturated rings. The molecule has 19 heavy (non-hydrogen) atoms. The Balaban J connectivity index is 2.65. The minimum absolute atomic E-state index is 0.150. The number of rotatable bonds is 6. The van der Waals surface area contributed by atoms with Gasteiger partial charge in [-0.1, -0.05) is 0 Å². The SMILES string of the molecule is Cc1cc(C)n(CC(=O)N[C@@H](CC(=O)O)C(=O)O)n1. The van der Waals surface area contributed by atoms with Crippen LogP contribution >= 0.6 is 0 Å². The van der Waals surface area contributed by atoms with Crippen molar-refractivity contribution >= 4 is 17.8 Å². The van der Waals surface area contributed by atoms with Crippen LogP contribution in [0.15, 0.2) is 6.07 Å². The van der Waals surface area contributed by atoms with Gasteiger partial charge in [0.05, 0.1) is 12.1 Å². The molecule has 0 saturated heterocycles. The van der Waals surface area contributed by atoms with Crippen molar-refractivity contribution in [2.24, 2.45) is 0 Å². The number of carboxylic acid groups (broad SMARTS) is 2. The second kappa shape index (κ2) is 5.98. The third-order valence-corrected chi connectivity index (χ3v) is 2.41. The summed E-state index contributed by atoms with van der Waals surface area (Å²) in [6.45, 7) is 3.38. The van der Waals surface area contributed by atoms with E-state index < -0.39 is 30.3 Å². The lowest BCUT2D eigenvalue weighted by Crippen LogP contribution is -2.43. The maximum atomic E-state index is 11.6. The summed E-state index contributed by atoms with van der Waals surface area (Å²) in [5.74, 6) is -3.28. The summed E-state index contributed by atoms with van der Waals surface area (Å²) < 4.78 is 1.42. The van der Waals surface area contributed by atoms with E-state index in [1.165, 1.54) is 4.68 Å². The number of aromatic nitrogens is 2. The van der Waals surface area contributed by atoms with Gasteiger partial charge >= 0.3 is 11.9 Å². The van der Waals surface area contributed by atoms with E-state index in [1.807, 2.05) is 0 Å². The Labute approximate surface area is 109 Å². The average Bonchev–Trinajstić information content (AvgIpc) is 2.55. The van der Waals surface area contributed by atoms with Gasteiger partial charge in [-0.15, -0.1) is 0 Å². The molecule has 0 radical (unpaired) electrons. The van der Waals surface area contributed by atoms with Crippen molar-refractivity contribution in [3.63, 3.8) is 0 Å². The Hall–Kier alpha value is -2.38. The molecule has 1 heterocycles. The molecule has 1 atom stereocenters. The Morgan fingerprint density at radius 2 is 2.00 bits per heavy atom. The molecule has 1 rings (SSSR count). The minimum atomic E-state index is -1.44. The normalized spacial score (nSPS) is 11.9. The molecule has 0 aliphatic heterocycles. The molecule has 0 spiro atoms. The van der Waals surface area contributed by atoms with Crippen LogP contribution in [0.4, 0.5) is 0 Å². The van der Waals surface area contributed by atoms with E-state index in [2.05, 4.69) is 10.4 Å². The lowest BCUT2D eigenvalue weighted by molar-refractivity contribution is -0.147. The first-order valence-corrected chi connectivity index (χ1v) is 5.54. The van der Waals surface area contributed by atoms with Crippen molar-refractivity contribution in [1.29, 1.82) is 0 Å². The number of carbonyl (C=O) groups excluding carboxylic acids is 1. The van der Waals surface area contributed by atoms with E-state index in [4.69, 9.17) is 10.2 Å². The Morgan fingerprint density at radius 1 is 1.37 bits per heavy atom. The number of hydrogen-bond donors (Lipinski definition) is 3. The topological polar surface area (TPSA) is 122 Å². The Kier molecular flexibility index (Phi) is 4.62. The van der Waals surface area contributed by atoms with Gasteiger partial charge in [-0.3, -0.25) is 14.3 Å². The average molecular weight is 269 g/mol. The molecule has 0 saturated carbocycles. The fourth-order valence-corrected chi connectivity index (χ4v) is 1.59. The molecule has 8 heteroatoms. The summed E-state index contributed by atoms with van der Waals surface area (Å²) in [6, 6.07) is 0.334. The van der Waals surface area contributed by atoms with Gasteiger partial charge in [0.15, 0.2) is 0 Å². The van der Waals surface area contributed by atoms with Crippen molar-refractivity contribution in [3.8, 4) is 0 Å². The third-order valence-electron chi connectivity index (χ3n) is 2.41. The van der Waals surface area contributed by atoms with E-state index in [-0.39, 0.29) is 6.54 Å². The van der Waals surface area contributed by atoms with Crippen molar-refractivity contribution < 1.29 is 24.6 Å². The molecule has 3 N–H and O–H groups in total. The van der Waals surface area contributed by atoms with Gasteiger partial charge in [0.25, 0.3) is 0 Å². The number of nitrogens with zero attached hydrogens (tertiary/aromatic N) is 2. The van der Waals surface area contributed by atoms with E-state index in [0.717, 1.165) is 11.4 Å². The molecule has 0 aliphatic carbocycles. The molecule has 1 aromatic heterocycles. The van der Waals surface area contributed by atoms with Crippen molar-refractivity contribution in [2.75, 3.05) is 0 Å². The monoisotopic (exact) mass is 269 g/mol. The highest BCUT2D eigenvalue weighted by Gasteiger charge is 2.23. The first kappa shape index (κ1) is 14.7. The number of nitrogens with one attached hydrogen (secondary N) is 1. The zero-order valence-electron chi connectivity index (χ0n) is 10.6. The maximum Gasteiger partial charge on any atom is 0.326 e. The molecular weight excluding hydrogens is 254 g/mol. The highest BCUT2D eigenvalue weighted by Crippen LogP contribution is 2.01. The summed E-state index contributed by atoms with van der Waals surface area (Å²) in [4.78, 5) is 32.9. The molecule has 8 nitrogen and oxygen atoms in total. The molecule has 0 unspecified atom stereocenters. The summed E-state index contributed by atoms with van der Waals surface area (Å²) >= 11 is 0. The van der Waals surface area contributed by atoms with Crippen LogP contribution in [0.1, 0.15) is 17.8 Å². The first-order valence-electron chi connectivity index (χ1n) is 5.54. The molecule has 1 amide bonds. The lowest BCUT2D eigenvalue weighted by atomic mass is 10.2. The van der Waals surface area contributed by atoms with Crippen LogP contribution in [0.3, 0.4) is 0 Å². The molecule has 0 aromatic carbocycles. The van der Waals surface area contributed by atoms with Gasteiger partial charge in [-0.25, -0.2) is 4.79 Å². The molecule has 0 aliphatic rings. The fraction of sp³-hybridized carbons (Fsp3) is 0.455. The number of amides is 1. The zero-order chi connectivity index (χ0) is 14.6. The predicted molar refractivity (Wildman–Crippen MR) is 63.5 cm³/mol. The predicted octanol–water partition coefficient (Wildman–Crippen LogP) is -0.456. The van der Waals surface area contributed by atoms with E-state index >= 15 is 0 Å². The zero-order valence-corrected chi connectivity index (χ0v) is 10.6. The molecular formula is C11H15N3O5. The van der Waals surface area contributed by atoms with Crippen molar-refractivity contribution in [2.45, 2.75) is 32.9 Å². The number of carboxylic acids is 2. The van der Waals surface area contributed by atoms with Crippen LogP contribution in [0.25, 0.3) is 0 Å². The van der Waals surface area contributed by atoms with Gasteiger partial charge < -0.3 is 15.5 Å². The second-order valence-electron chi connectivity index (χ2n) is 4.14. The van der Waals surface area contributed by atoms with Gasteiger partial charge in [-0.2, -0.15) is 5.10 Å². The molecule has 0 bridgehead atoms. The van der Waals surface area contributed by atoms with Crippen LogP contribution in [0, 0.1) is 13.8 Å². The van der Waals surface area contributed by atoms with Crippen molar-refractivity contribution in [1.82, 2.24) is 15.1 Å². The Morgan fingerprint density at radius 3 is 2.42 bits per heavy atom. The van der Waals surface area contributed by atoms with E-state index in [0.29, 0.717) is 0 Å². The van der Waals surface area contributed by atoms with Gasteiger partial charge in [0.1, 0.15) is 12.6 Å². The van der Waals surface area contributed by atoms with Gasteiger partial charge in [-0.05, 0) is 19.9 Å². The summed E-state index contributed by atoms with van der Waals surface area (Å²) in [5.41, 5.74) is 1.50. The third kappa shape index (κ3) is 4.41. The van der Waals surface area contributed by atoms with Crippen molar-refractivity contribution in [3.05, 3.63) is 17.5 Å². The summed E-state index contributed by atoms with van der Waals surface area (Å²) in [7, 11) is 0. The number of aliphatic carboxylic acids is 2. The minimum Gasteiger partial charge on any atom is -0.481 e. The lowest BCUT2D eigenvalue weighted by Gasteiger charge is -2.12. The largest absolute Gasteiger partial charge is 0.481 e. The van der Waals surface area contributed by atoms with Crippen LogP contribution in [0.5, 0.6) is 0 Å². The van der Waals surface area contributed by atoms with Crippen LogP contribution < -0.4 is 5.32 Å². The number of hydrogen-bond acceptors (Lipinski definition) is 4. The summed E-state index contributed by atoms with van der Waals surface area (Å²) in [5, 5.41) is 23.6. The van der Waals surface area contributed by atoms with Crippen LogP contribution in [-0.2, 0) is 20.9 Å². The maximum absolute atomic E-state index is 11.6. The molecule has 104 valence electrons. The second-order valence-corrected chi connectivity index (χ2v) is 4.14.